The van der Waals surface area contributed by atoms with E-state index >= 15 is 0 Å². The molecule has 1 saturated heterocycles. The summed E-state index contributed by atoms with van der Waals surface area (Å²) < 4.78 is 67.2. The average Bonchev–Trinajstić information content (AvgIpc) is 2.61. The molecule has 1 amide bonds. The molecule has 0 atom stereocenters. The van der Waals surface area contributed by atoms with Gasteiger partial charge in [0.15, 0.2) is 0 Å². The van der Waals surface area contributed by atoms with Gasteiger partial charge in [0.25, 0.3) is 0 Å². The second-order valence-electron chi connectivity index (χ2n) is 6.02. The average molecular weight is 409 g/mol. The number of amides is 1. The largest absolute Gasteiger partial charge is 0.411 e. The molecule has 1 aromatic rings. The van der Waals surface area contributed by atoms with Crippen LogP contribution in [0.4, 0.5) is 18.9 Å². The van der Waals surface area contributed by atoms with E-state index in [1.807, 2.05) is 6.92 Å². The van der Waals surface area contributed by atoms with Gasteiger partial charge in [-0.2, -0.15) is 17.5 Å². The minimum absolute atomic E-state index is 0.0152. The summed E-state index contributed by atoms with van der Waals surface area (Å²) in [4.78, 5) is 13.8. The smallest absolute Gasteiger partial charge is 0.362 e. The zero-order valence-corrected chi connectivity index (χ0v) is 15.6. The lowest BCUT2D eigenvalue weighted by Crippen LogP contribution is -2.48. The molecule has 0 saturated carbocycles. The van der Waals surface area contributed by atoms with E-state index in [2.05, 4.69) is 15.0 Å². The first-order valence-corrected chi connectivity index (χ1v) is 9.83. The number of carbonyl (C=O) groups excluding carboxylic acids is 1. The van der Waals surface area contributed by atoms with Crippen molar-refractivity contribution >= 4 is 21.6 Å². The highest BCUT2D eigenvalue weighted by molar-refractivity contribution is 7.89. The fourth-order valence-electron chi connectivity index (χ4n) is 2.63. The van der Waals surface area contributed by atoms with E-state index < -0.39 is 35.3 Å². The SMILES string of the molecule is CCN1CCN(S(=O)(=O)c2cccc(NC(=O)COCC(F)(F)F)c2)CC1. The minimum Gasteiger partial charge on any atom is -0.362 e. The lowest BCUT2D eigenvalue weighted by Gasteiger charge is -2.33. The summed E-state index contributed by atoms with van der Waals surface area (Å²) in [6.45, 7) is 2.58. The number of piperazine rings is 1. The van der Waals surface area contributed by atoms with Crippen molar-refractivity contribution in [1.82, 2.24) is 9.21 Å². The Morgan fingerprint density at radius 3 is 2.48 bits per heavy atom. The summed E-state index contributed by atoms with van der Waals surface area (Å²) in [7, 11) is -3.71. The van der Waals surface area contributed by atoms with Crippen molar-refractivity contribution in [2.75, 3.05) is 51.3 Å². The molecule has 0 unspecified atom stereocenters. The van der Waals surface area contributed by atoms with Gasteiger partial charge in [0, 0.05) is 31.9 Å². The van der Waals surface area contributed by atoms with Crippen LogP contribution in [0.1, 0.15) is 6.92 Å². The molecule has 2 rings (SSSR count). The number of carbonyl (C=O) groups is 1. The van der Waals surface area contributed by atoms with Crippen LogP contribution in [0.25, 0.3) is 0 Å². The van der Waals surface area contributed by atoms with Crippen molar-refractivity contribution in [3.63, 3.8) is 0 Å². The molecule has 1 aromatic carbocycles. The molecule has 1 aliphatic rings. The minimum atomic E-state index is -4.52. The summed E-state index contributed by atoms with van der Waals surface area (Å²) in [5.74, 6) is -0.801. The highest BCUT2D eigenvalue weighted by atomic mass is 32.2. The monoisotopic (exact) mass is 409 g/mol. The molecule has 0 aliphatic carbocycles. The van der Waals surface area contributed by atoms with E-state index in [0.717, 1.165) is 6.54 Å². The molecule has 7 nitrogen and oxygen atoms in total. The van der Waals surface area contributed by atoms with Crippen LogP contribution in [0.3, 0.4) is 0 Å². The standard InChI is InChI=1S/C16H22F3N3O4S/c1-2-21-6-8-22(9-7-21)27(24,25)14-5-3-4-13(10-14)20-15(23)11-26-12-16(17,18)19/h3-5,10H,2,6-9,11-12H2,1H3,(H,20,23). The van der Waals surface area contributed by atoms with Crippen molar-refractivity contribution in [2.45, 2.75) is 18.0 Å². The molecule has 1 N–H and O–H groups in total. The molecule has 0 bridgehead atoms. The maximum Gasteiger partial charge on any atom is 0.411 e. The third kappa shape index (κ3) is 6.45. The molecular weight excluding hydrogens is 387 g/mol. The van der Waals surface area contributed by atoms with E-state index in [9.17, 15) is 26.4 Å². The number of likely N-dealkylation sites (N-methyl/N-ethyl adjacent to an activating group) is 1. The summed E-state index contributed by atoms with van der Waals surface area (Å²) in [6.07, 6.45) is -4.52. The van der Waals surface area contributed by atoms with Crippen molar-refractivity contribution in [3.05, 3.63) is 24.3 Å². The summed E-state index contributed by atoms with van der Waals surface area (Å²) in [6, 6.07) is 5.61. The Hall–Kier alpha value is -1.69. The van der Waals surface area contributed by atoms with Crippen molar-refractivity contribution < 1.29 is 31.1 Å². The van der Waals surface area contributed by atoms with Gasteiger partial charge in [-0.05, 0) is 24.7 Å². The number of hydrogen-bond acceptors (Lipinski definition) is 5. The Kier molecular flexibility index (Phi) is 7.20. The van der Waals surface area contributed by atoms with E-state index in [4.69, 9.17) is 0 Å². The number of hydrogen-bond donors (Lipinski definition) is 1. The van der Waals surface area contributed by atoms with E-state index in [0.29, 0.717) is 26.2 Å². The number of sulfonamides is 1. The van der Waals surface area contributed by atoms with Gasteiger partial charge in [-0.1, -0.05) is 13.0 Å². The predicted octanol–water partition coefficient (Wildman–Crippen LogP) is 1.53. The molecule has 0 spiro atoms. The third-order valence-electron chi connectivity index (χ3n) is 4.03. The van der Waals surface area contributed by atoms with Crippen LogP contribution < -0.4 is 5.32 Å². The Bertz CT molecular complexity index is 748. The maximum absolute atomic E-state index is 12.7. The van der Waals surface area contributed by atoms with Crippen LogP contribution in [0.2, 0.25) is 0 Å². The summed E-state index contributed by atoms with van der Waals surface area (Å²) in [5, 5.41) is 2.34. The van der Waals surface area contributed by atoms with Crippen LogP contribution in [-0.4, -0.2) is 75.6 Å². The van der Waals surface area contributed by atoms with Crippen LogP contribution in [0.5, 0.6) is 0 Å². The Morgan fingerprint density at radius 2 is 1.89 bits per heavy atom. The molecule has 152 valence electrons. The molecule has 1 fully saturated rings. The molecule has 1 heterocycles. The summed E-state index contributed by atoms with van der Waals surface area (Å²) >= 11 is 0. The van der Waals surface area contributed by atoms with E-state index in [-0.39, 0.29) is 10.6 Å². The topological polar surface area (TPSA) is 79.0 Å². The van der Waals surface area contributed by atoms with Gasteiger partial charge in [0.05, 0.1) is 4.90 Å². The molecule has 0 aromatic heterocycles. The van der Waals surface area contributed by atoms with E-state index in [1.54, 1.807) is 0 Å². The number of rotatable bonds is 7. The van der Waals surface area contributed by atoms with Crippen LogP contribution in [0, 0.1) is 0 Å². The molecule has 27 heavy (non-hydrogen) atoms. The van der Waals surface area contributed by atoms with Gasteiger partial charge in [0.2, 0.25) is 15.9 Å². The van der Waals surface area contributed by atoms with E-state index in [1.165, 1.54) is 28.6 Å². The second-order valence-corrected chi connectivity index (χ2v) is 7.96. The zero-order chi connectivity index (χ0) is 20.1. The van der Waals surface area contributed by atoms with Crippen LogP contribution in [-0.2, 0) is 19.6 Å². The number of nitrogens with zero attached hydrogens (tertiary/aromatic N) is 2. The van der Waals surface area contributed by atoms with Gasteiger partial charge >= 0.3 is 6.18 Å². The van der Waals surface area contributed by atoms with Gasteiger partial charge in [0.1, 0.15) is 13.2 Å². The zero-order valence-electron chi connectivity index (χ0n) is 14.8. The molecule has 0 radical (unpaired) electrons. The van der Waals surface area contributed by atoms with Crippen molar-refractivity contribution in [3.8, 4) is 0 Å². The molecular formula is C16H22F3N3O4S. The fourth-order valence-corrected chi connectivity index (χ4v) is 4.09. The Labute approximate surface area is 156 Å². The van der Waals surface area contributed by atoms with Gasteiger partial charge < -0.3 is 15.0 Å². The fraction of sp³-hybridized carbons (Fsp3) is 0.562. The lowest BCUT2D eigenvalue weighted by atomic mass is 10.3. The highest BCUT2D eigenvalue weighted by Gasteiger charge is 2.29. The van der Waals surface area contributed by atoms with Crippen molar-refractivity contribution in [2.24, 2.45) is 0 Å². The third-order valence-corrected chi connectivity index (χ3v) is 5.93. The van der Waals surface area contributed by atoms with Gasteiger partial charge in [-0.15, -0.1) is 0 Å². The number of benzene rings is 1. The first kappa shape index (κ1) is 21.6. The maximum atomic E-state index is 12.7. The molecule has 11 heteroatoms. The lowest BCUT2D eigenvalue weighted by molar-refractivity contribution is -0.174. The number of halogens is 3. The van der Waals surface area contributed by atoms with Crippen molar-refractivity contribution in [1.29, 1.82) is 0 Å². The predicted molar refractivity (Wildman–Crippen MR) is 92.8 cm³/mol. The number of alkyl halides is 3. The quantitative estimate of drug-likeness (QED) is 0.739. The number of ether oxygens (including phenoxy) is 1. The van der Waals surface area contributed by atoms with Gasteiger partial charge in [-0.25, -0.2) is 8.42 Å². The Balaban J connectivity index is 1.99. The second kappa shape index (κ2) is 9.00. The van der Waals surface area contributed by atoms with Crippen LogP contribution in [0.15, 0.2) is 29.2 Å². The Morgan fingerprint density at radius 1 is 1.22 bits per heavy atom. The summed E-state index contributed by atoms with van der Waals surface area (Å²) in [5.41, 5.74) is 0.170. The molecule has 1 aliphatic heterocycles. The number of nitrogens with one attached hydrogen (secondary N) is 1. The normalized spacial score (nSPS) is 17.0. The first-order valence-electron chi connectivity index (χ1n) is 8.39. The first-order chi connectivity index (χ1) is 12.6. The number of anilines is 1. The highest BCUT2D eigenvalue weighted by Crippen LogP contribution is 2.21. The van der Waals surface area contributed by atoms with Crippen LogP contribution >= 0.6 is 0 Å². The van der Waals surface area contributed by atoms with Gasteiger partial charge in [-0.3, -0.25) is 4.79 Å².